The molecular formula is C23H30ClN3. The van der Waals surface area contributed by atoms with Gasteiger partial charge in [-0.3, -0.25) is 0 Å². The van der Waals surface area contributed by atoms with Gasteiger partial charge in [0, 0.05) is 30.1 Å². The van der Waals surface area contributed by atoms with Crippen molar-refractivity contribution in [2.24, 2.45) is 4.99 Å². The second kappa shape index (κ2) is 10.3. The molecule has 0 aliphatic heterocycles. The zero-order chi connectivity index (χ0) is 19.8. The van der Waals surface area contributed by atoms with Crippen LogP contribution in [0.1, 0.15) is 45.6 Å². The van der Waals surface area contributed by atoms with Gasteiger partial charge in [-0.2, -0.15) is 0 Å². The van der Waals surface area contributed by atoms with Crippen molar-refractivity contribution in [3.05, 3.63) is 53.6 Å². The second-order valence-corrected chi connectivity index (χ2v) is 7.17. The number of aryl methyl sites for hydroxylation is 1. The first-order valence-electron chi connectivity index (χ1n) is 9.67. The van der Waals surface area contributed by atoms with E-state index in [9.17, 15) is 0 Å². The summed E-state index contributed by atoms with van der Waals surface area (Å²) in [6, 6.07) is 10.4. The van der Waals surface area contributed by atoms with Gasteiger partial charge in [0.25, 0.3) is 0 Å². The number of nitrogens with zero attached hydrogens (tertiary/aromatic N) is 3. The van der Waals surface area contributed by atoms with Gasteiger partial charge in [0.1, 0.15) is 0 Å². The van der Waals surface area contributed by atoms with Crippen molar-refractivity contribution in [2.75, 3.05) is 18.0 Å². The van der Waals surface area contributed by atoms with Gasteiger partial charge in [-0.1, -0.05) is 43.2 Å². The summed E-state index contributed by atoms with van der Waals surface area (Å²) in [6.07, 6.45) is 4.98. The zero-order valence-corrected chi connectivity index (χ0v) is 17.7. The van der Waals surface area contributed by atoms with Gasteiger partial charge in [-0.05, 0) is 57.4 Å². The Morgan fingerprint density at radius 3 is 2.56 bits per heavy atom. The van der Waals surface area contributed by atoms with Crippen LogP contribution >= 0.6 is 11.6 Å². The molecule has 0 amide bonds. The molecule has 0 bridgehead atoms. The Bertz CT molecular complexity index is 794. The number of aromatic nitrogens is 1. The van der Waals surface area contributed by atoms with Gasteiger partial charge in [-0.25, -0.2) is 9.98 Å². The summed E-state index contributed by atoms with van der Waals surface area (Å²) >= 11 is 6.50. The second-order valence-electron chi connectivity index (χ2n) is 6.76. The molecule has 0 saturated heterocycles. The minimum Gasteiger partial charge on any atom is -0.372 e. The molecule has 0 atom stereocenters. The van der Waals surface area contributed by atoms with Crippen LogP contribution < -0.4 is 4.90 Å². The van der Waals surface area contributed by atoms with E-state index in [2.05, 4.69) is 56.5 Å². The zero-order valence-electron chi connectivity index (χ0n) is 16.9. The molecule has 3 nitrogen and oxygen atoms in total. The van der Waals surface area contributed by atoms with Crippen molar-refractivity contribution >= 4 is 28.8 Å². The van der Waals surface area contributed by atoms with E-state index in [0.717, 1.165) is 60.7 Å². The van der Waals surface area contributed by atoms with Crippen molar-refractivity contribution in [3.8, 4) is 11.3 Å². The maximum absolute atomic E-state index is 6.50. The fraction of sp³-hybridized carbons (Fsp3) is 0.391. The summed E-state index contributed by atoms with van der Waals surface area (Å²) in [6.45, 7) is 14.1. The molecule has 2 rings (SSSR count). The lowest BCUT2D eigenvalue weighted by Crippen LogP contribution is -2.23. The number of anilines is 1. The molecule has 0 spiro atoms. The standard InChI is InChI=1S/C23H30ClN3/c1-6-9-15-27(8-3)20-13-11-19(12-14-20)22-21(24)16-17(4)23(26-22)25-18(5)10-7-2/h6,11-14,16H,1,7-10,15H2,2-5H3/b25-18-. The number of pyridine rings is 1. The highest BCUT2D eigenvalue weighted by Crippen LogP contribution is 2.32. The van der Waals surface area contributed by atoms with E-state index in [1.54, 1.807) is 0 Å². The first-order chi connectivity index (χ1) is 13.0. The topological polar surface area (TPSA) is 28.5 Å². The van der Waals surface area contributed by atoms with Crippen LogP contribution in [0.4, 0.5) is 11.5 Å². The van der Waals surface area contributed by atoms with Crippen molar-refractivity contribution < 1.29 is 0 Å². The van der Waals surface area contributed by atoms with Gasteiger partial charge >= 0.3 is 0 Å². The van der Waals surface area contributed by atoms with E-state index in [1.807, 2.05) is 19.1 Å². The molecule has 1 aromatic heterocycles. The Hall–Kier alpha value is -2.13. The van der Waals surface area contributed by atoms with Gasteiger partial charge < -0.3 is 4.90 Å². The van der Waals surface area contributed by atoms with E-state index in [-0.39, 0.29) is 0 Å². The molecule has 0 aliphatic carbocycles. The molecule has 0 N–H and O–H groups in total. The number of hydrogen-bond donors (Lipinski definition) is 0. The first kappa shape index (κ1) is 21.2. The molecule has 0 saturated carbocycles. The number of aliphatic imine (C=N–C) groups is 1. The molecule has 0 fully saturated rings. The number of rotatable bonds is 9. The maximum Gasteiger partial charge on any atom is 0.155 e. The van der Waals surface area contributed by atoms with Gasteiger partial charge in [0.15, 0.2) is 5.82 Å². The molecular weight excluding hydrogens is 354 g/mol. The summed E-state index contributed by atoms with van der Waals surface area (Å²) in [4.78, 5) is 11.8. The van der Waals surface area contributed by atoms with Gasteiger partial charge in [-0.15, -0.1) is 6.58 Å². The average Bonchev–Trinajstić information content (AvgIpc) is 2.65. The normalized spacial score (nSPS) is 11.5. The lowest BCUT2D eigenvalue weighted by molar-refractivity contribution is 0.823. The molecule has 1 aromatic carbocycles. The predicted octanol–water partition coefficient (Wildman–Crippen LogP) is 7.01. The van der Waals surface area contributed by atoms with Crippen LogP contribution in [0.5, 0.6) is 0 Å². The SMILES string of the molecule is C=CCCN(CC)c1ccc(-c2nc(/N=C(/C)CCC)c(C)cc2Cl)cc1. The summed E-state index contributed by atoms with van der Waals surface area (Å²) in [5, 5.41) is 0.659. The van der Waals surface area contributed by atoms with Gasteiger partial charge in [0.2, 0.25) is 0 Å². The first-order valence-corrected chi connectivity index (χ1v) is 10.1. The Morgan fingerprint density at radius 2 is 1.96 bits per heavy atom. The van der Waals surface area contributed by atoms with Crippen molar-refractivity contribution in [3.63, 3.8) is 0 Å². The van der Waals surface area contributed by atoms with E-state index < -0.39 is 0 Å². The van der Waals surface area contributed by atoms with E-state index in [0.29, 0.717) is 5.02 Å². The fourth-order valence-corrected chi connectivity index (χ4v) is 3.35. The fourth-order valence-electron chi connectivity index (χ4n) is 3.03. The van der Waals surface area contributed by atoms with Crippen LogP contribution in [0.15, 0.2) is 48.0 Å². The van der Waals surface area contributed by atoms with Gasteiger partial charge in [0.05, 0.1) is 10.7 Å². The molecule has 27 heavy (non-hydrogen) atoms. The lowest BCUT2D eigenvalue weighted by Gasteiger charge is -2.22. The van der Waals surface area contributed by atoms with Crippen LogP contribution in [-0.2, 0) is 0 Å². The Morgan fingerprint density at radius 1 is 1.26 bits per heavy atom. The van der Waals surface area contributed by atoms with E-state index in [1.165, 1.54) is 5.69 Å². The lowest BCUT2D eigenvalue weighted by atomic mass is 10.1. The van der Waals surface area contributed by atoms with Crippen LogP contribution in [0, 0.1) is 6.92 Å². The summed E-state index contributed by atoms with van der Waals surface area (Å²) in [7, 11) is 0. The molecule has 0 aliphatic rings. The smallest absolute Gasteiger partial charge is 0.155 e. The largest absolute Gasteiger partial charge is 0.372 e. The third-order valence-corrected chi connectivity index (χ3v) is 4.83. The van der Waals surface area contributed by atoms with Crippen LogP contribution in [0.2, 0.25) is 5.02 Å². The summed E-state index contributed by atoms with van der Waals surface area (Å²) < 4.78 is 0. The molecule has 0 radical (unpaired) electrons. The highest BCUT2D eigenvalue weighted by molar-refractivity contribution is 6.33. The van der Waals surface area contributed by atoms with Crippen LogP contribution in [-0.4, -0.2) is 23.8 Å². The van der Waals surface area contributed by atoms with E-state index >= 15 is 0 Å². The van der Waals surface area contributed by atoms with Crippen LogP contribution in [0.3, 0.4) is 0 Å². The summed E-state index contributed by atoms with van der Waals surface area (Å²) in [5.41, 5.74) is 5.08. The van der Waals surface area contributed by atoms with Crippen molar-refractivity contribution in [2.45, 2.75) is 47.0 Å². The van der Waals surface area contributed by atoms with E-state index in [4.69, 9.17) is 21.6 Å². The van der Waals surface area contributed by atoms with Crippen molar-refractivity contribution in [1.29, 1.82) is 0 Å². The third-order valence-electron chi connectivity index (χ3n) is 4.54. The predicted molar refractivity (Wildman–Crippen MR) is 120 cm³/mol. The number of hydrogen-bond acceptors (Lipinski definition) is 3. The highest BCUT2D eigenvalue weighted by Gasteiger charge is 2.11. The Kier molecular flexibility index (Phi) is 8.05. The van der Waals surface area contributed by atoms with Crippen molar-refractivity contribution in [1.82, 2.24) is 4.98 Å². The molecule has 2 aromatic rings. The third kappa shape index (κ3) is 5.67. The Labute approximate surface area is 168 Å². The molecule has 4 heteroatoms. The average molecular weight is 384 g/mol. The molecule has 144 valence electrons. The van der Waals surface area contributed by atoms with Crippen LogP contribution in [0.25, 0.3) is 11.3 Å². The Balaban J connectivity index is 2.34. The monoisotopic (exact) mass is 383 g/mol. The highest BCUT2D eigenvalue weighted by atomic mass is 35.5. The number of halogens is 1. The minimum atomic E-state index is 0.659. The molecule has 1 heterocycles. The maximum atomic E-state index is 6.50. The summed E-state index contributed by atoms with van der Waals surface area (Å²) in [5.74, 6) is 0.755. The molecule has 0 unspecified atom stereocenters. The minimum absolute atomic E-state index is 0.659. The number of benzene rings is 1. The quantitative estimate of drug-likeness (QED) is 0.344.